The number of aromatic nitrogens is 1. The van der Waals surface area contributed by atoms with Gasteiger partial charge in [-0.2, -0.15) is 0 Å². The van der Waals surface area contributed by atoms with Crippen LogP contribution in [0.25, 0.3) is 0 Å². The number of hydrogen-bond acceptors (Lipinski definition) is 4. The monoisotopic (exact) mass is 257 g/mol. The van der Waals surface area contributed by atoms with Crippen LogP contribution in [0.2, 0.25) is 0 Å². The lowest BCUT2D eigenvalue weighted by Gasteiger charge is -2.07. The van der Waals surface area contributed by atoms with E-state index in [-0.39, 0.29) is 5.84 Å². The molecular formula is C14H15N3O2. The highest BCUT2D eigenvalue weighted by atomic mass is 16.5. The molecule has 5 heteroatoms. The molecule has 0 radical (unpaired) electrons. The highest BCUT2D eigenvalue weighted by molar-refractivity contribution is 5.97. The number of pyridine rings is 1. The van der Waals surface area contributed by atoms with Crippen LogP contribution in [0.15, 0.2) is 47.9 Å². The van der Waals surface area contributed by atoms with Gasteiger partial charge < -0.3 is 15.7 Å². The highest BCUT2D eigenvalue weighted by Crippen LogP contribution is 2.14. The van der Waals surface area contributed by atoms with Crippen molar-refractivity contribution < 1.29 is 9.94 Å². The van der Waals surface area contributed by atoms with Gasteiger partial charge >= 0.3 is 0 Å². The fourth-order valence-electron chi connectivity index (χ4n) is 1.64. The average molecular weight is 257 g/mol. The number of nitrogens with zero attached hydrogens (tertiary/aromatic N) is 2. The van der Waals surface area contributed by atoms with E-state index in [2.05, 4.69) is 10.1 Å². The summed E-state index contributed by atoms with van der Waals surface area (Å²) in [5.74, 6) is 0.797. The molecule has 2 aromatic rings. The number of rotatable bonds is 4. The van der Waals surface area contributed by atoms with Gasteiger partial charge in [0.1, 0.15) is 12.4 Å². The van der Waals surface area contributed by atoms with Crippen LogP contribution in [0, 0.1) is 6.92 Å². The van der Waals surface area contributed by atoms with Crippen LogP contribution in [0.5, 0.6) is 5.75 Å². The van der Waals surface area contributed by atoms with E-state index in [0.717, 1.165) is 16.9 Å². The Hall–Kier alpha value is -2.56. The largest absolute Gasteiger partial charge is 0.489 e. The molecule has 2 rings (SSSR count). The number of hydrogen-bond donors (Lipinski definition) is 2. The normalized spacial score (nSPS) is 11.3. The maximum Gasteiger partial charge on any atom is 0.170 e. The van der Waals surface area contributed by atoms with Gasteiger partial charge in [-0.15, -0.1) is 0 Å². The molecule has 0 bridgehead atoms. The predicted octanol–water partition coefficient (Wildman–Crippen LogP) is 2.06. The SMILES string of the molecule is Cc1cncc(COc2ccc(/C(N)=N/O)cc2)c1. The molecule has 3 N–H and O–H groups in total. The molecule has 98 valence electrons. The first-order valence-electron chi connectivity index (χ1n) is 5.80. The van der Waals surface area contributed by atoms with Crippen LogP contribution in [0.4, 0.5) is 0 Å². The summed E-state index contributed by atoms with van der Waals surface area (Å²) in [6, 6.07) is 9.04. The summed E-state index contributed by atoms with van der Waals surface area (Å²) < 4.78 is 5.63. The van der Waals surface area contributed by atoms with Gasteiger partial charge in [-0.05, 0) is 42.8 Å². The van der Waals surface area contributed by atoms with E-state index in [1.54, 1.807) is 36.7 Å². The number of oxime groups is 1. The van der Waals surface area contributed by atoms with E-state index in [0.29, 0.717) is 12.2 Å². The van der Waals surface area contributed by atoms with Crippen LogP contribution in [0.1, 0.15) is 16.7 Å². The first kappa shape index (κ1) is 12.9. The van der Waals surface area contributed by atoms with E-state index in [1.165, 1.54) is 0 Å². The van der Waals surface area contributed by atoms with Gasteiger partial charge in [0, 0.05) is 23.5 Å². The summed E-state index contributed by atoms with van der Waals surface area (Å²) in [4.78, 5) is 4.10. The summed E-state index contributed by atoms with van der Waals surface area (Å²) in [5.41, 5.74) is 8.24. The Balaban J connectivity index is 2.00. The molecule has 0 amide bonds. The van der Waals surface area contributed by atoms with E-state index < -0.39 is 0 Å². The van der Waals surface area contributed by atoms with Gasteiger partial charge in [0.2, 0.25) is 0 Å². The lowest BCUT2D eigenvalue weighted by molar-refractivity contribution is 0.305. The van der Waals surface area contributed by atoms with Gasteiger partial charge in [0.15, 0.2) is 5.84 Å². The smallest absolute Gasteiger partial charge is 0.170 e. The third kappa shape index (κ3) is 3.45. The van der Waals surface area contributed by atoms with Gasteiger partial charge in [0.05, 0.1) is 0 Å². The third-order valence-electron chi connectivity index (χ3n) is 2.59. The average Bonchev–Trinajstić information content (AvgIpc) is 2.45. The van der Waals surface area contributed by atoms with Crippen molar-refractivity contribution in [2.75, 3.05) is 0 Å². The molecule has 0 atom stereocenters. The molecule has 0 saturated carbocycles. The Bertz CT molecular complexity index is 579. The predicted molar refractivity (Wildman–Crippen MR) is 72.3 cm³/mol. The molecule has 0 unspecified atom stereocenters. The minimum Gasteiger partial charge on any atom is -0.489 e. The van der Waals surface area contributed by atoms with Crippen molar-refractivity contribution in [1.82, 2.24) is 4.98 Å². The lowest BCUT2D eigenvalue weighted by Crippen LogP contribution is -2.12. The van der Waals surface area contributed by atoms with E-state index in [1.807, 2.05) is 13.0 Å². The minimum absolute atomic E-state index is 0.0782. The maximum atomic E-state index is 8.56. The number of ether oxygens (including phenoxy) is 1. The first-order valence-corrected chi connectivity index (χ1v) is 5.80. The topological polar surface area (TPSA) is 80.7 Å². The molecule has 0 aliphatic heterocycles. The Labute approximate surface area is 111 Å². The van der Waals surface area contributed by atoms with Crippen LogP contribution in [-0.2, 0) is 6.61 Å². The molecule has 0 aliphatic carbocycles. The molecule has 1 heterocycles. The van der Waals surface area contributed by atoms with Crippen molar-refractivity contribution in [3.8, 4) is 5.75 Å². The van der Waals surface area contributed by atoms with Crippen LogP contribution < -0.4 is 10.5 Å². The second-order valence-corrected chi connectivity index (χ2v) is 4.17. The summed E-state index contributed by atoms with van der Waals surface area (Å²) in [5, 5.41) is 11.5. The summed E-state index contributed by atoms with van der Waals surface area (Å²) in [6.45, 7) is 2.44. The van der Waals surface area contributed by atoms with Crippen molar-refractivity contribution >= 4 is 5.84 Å². The molecular weight excluding hydrogens is 242 g/mol. The molecule has 0 aliphatic rings. The van der Waals surface area contributed by atoms with Crippen molar-refractivity contribution in [2.24, 2.45) is 10.9 Å². The van der Waals surface area contributed by atoms with Gasteiger partial charge in [-0.25, -0.2) is 0 Å². The Morgan fingerprint density at radius 2 is 2.05 bits per heavy atom. The fourth-order valence-corrected chi connectivity index (χ4v) is 1.64. The Morgan fingerprint density at radius 1 is 1.32 bits per heavy atom. The number of nitrogens with two attached hydrogens (primary N) is 1. The van der Waals surface area contributed by atoms with Crippen molar-refractivity contribution in [3.05, 3.63) is 59.4 Å². The fraction of sp³-hybridized carbons (Fsp3) is 0.143. The number of aryl methyl sites for hydroxylation is 1. The zero-order chi connectivity index (χ0) is 13.7. The Kier molecular flexibility index (Phi) is 3.97. The minimum atomic E-state index is 0.0782. The molecule has 1 aromatic carbocycles. The molecule has 0 fully saturated rings. The summed E-state index contributed by atoms with van der Waals surface area (Å²) >= 11 is 0. The van der Waals surface area contributed by atoms with Crippen LogP contribution in [0.3, 0.4) is 0 Å². The highest BCUT2D eigenvalue weighted by Gasteiger charge is 2.00. The van der Waals surface area contributed by atoms with Crippen LogP contribution >= 0.6 is 0 Å². The molecule has 0 spiro atoms. The molecule has 5 nitrogen and oxygen atoms in total. The van der Waals surface area contributed by atoms with Gasteiger partial charge in [-0.3, -0.25) is 4.98 Å². The zero-order valence-electron chi connectivity index (χ0n) is 10.6. The Morgan fingerprint density at radius 3 is 2.68 bits per heavy atom. The second-order valence-electron chi connectivity index (χ2n) is 4.17. The van der Waals surface area contributed by atoms with Gasteiger partial charge in [-0.1, -0.05) is 5.16 Å². The van der Waals surface area contributed by atoms with E-state index in [9.17, 15) is 0 Å². The quantitative estimate of drug-likeness (QED) is 0.380. The third-order valence-corrected chi connectivity index (χ3v) is 2.59. The number of benzene rings is 1. The number of amidine groups is 1. The summed E-state index contributed by atoms with van der Waals surface area (Å²) in [6.07, 6.45) is 3.58. The lowest BCUT2D eigenvalue weighted by atomic mass is 10.2. The van der Waals surface area contributed by atoms with Crippen LogP contribution in [-0.4, -0.2) is 16.0 Å². The van der Waals surface area contributed by atoms with E-state index >= 15 is 0 Å². The maximum absolute atomic E-state index is 8.56. The summed E-state index contributed by atoms with van der Waals surface area (Å²) in [7, 11) is 0. The van der Waals surface area contributed by atoms with Crippen molar-refractivity contribution in [3.63, 3.8) is 0 Å². The standard InChI is InChI=1S/C14H15N3O2/c1-10-6-11(8-16-7-10)9-19-13-4-2-12(3-5-13)14(15)17-18/h2-8,18H,9H2,1H3,(H2,15,17). The molecule has 19 heavy (non-hydrogen) atoms. The van der Waals surface area contributed by atoms with Crippen molar-refractivity contribution in [2.45, 2.75) is 13.5 Å². The first-order chi connectivity index (χ1) is 9.19. The van der Waals surface area contributed by atoms with Crippen molar-refractivity contribution in [1.29, 1.82) is 0 Å². The second kappa shape index (κ2) is 5.86. The zero-order valence-corrected chi connectivity index (χ0v) is 10.6. The molecule has 1 aromatic heterocycles. The van der Waals surface area contributed by atoms with E-state index in [4.69, 9.17) is 15.7 Å². The molecule has 0 saturated heterocycles. The van der Waals surface area contributed by atoms with Gasteiger partial charge in [0.25, 0.3) is 0 Å².